The maximum absolute atomic E-state index is 13.2. The third kappa shape index (κ3) is 11.9. The van der Waals surface area contributed by atoms with Crippen LogP contribution in [0.4, 0.5) is 34.1 Å². The molecule has 410 valence electrons. The highest BCUT2D eigenvalue weighted by Gasteiger charge is 2.31. The highest BCUT2D eigenvalue weighted by atomic mass is 32.2. The molecule has 1 aliphatic carbocycles. The van der Waals surface area contributed by atoms with E-state index in [-0.39, 0.29) is 23.5 Å². The van der Waals surface area contributed by atoms with Gasteiger partial charge in [0.15, 0.2) is 11.6 Å². The van der Waals surface area contributed by atoms with Crippen molar-refractivity contribution in [2.75, 3.05) is 34.9 Å². The molecule has 0 bridgehead atoms. The van der Waals surface area contributed by atoms with Gasteiger partial charge in [-0.3, -0.25) is 19.2 Å². The van der Waals surface area contributed by atoms with E-state index in [0.29, 0.717) is 60.5 Å². The number of carbonyl (C=O) groups is 4. The van der Waals surface area contributed by atoms with Gasteiger partial charge in [0.2, 0.25) is 0 Å². The third-order valence-corrected chi connectivity index (χ3v) is 18.0. The van der Waals surface area contributed by atoms with Crippen molar-refractivity contribution in [1.82, 2.24) is 0 Å². The van der Waals surface area contributed by atoms with Gasteiger partial charge in [0.1, 0.15) is 5.75 Å². The standard InChI is InChI=1S/C29H21NO2S.C23H21NO2S.C18H19NO2S/c1-17-7-11-24-26(13-17)33-27-14-18(2)8-12-25(27)30(24)16-19-9-10-22-23(15-19)29(32)21-6-4-3-5-20(21)28(22)31;1-16-8-10-19-21(14-16)27-22-15-17(2)9-11-20(22)24(19)13-12-23(25)26-18-6-4-3-5-7-18;1-12-4-6-14-16(10-12)22-17-11-13(2)5-7-15(17)19(14)9-8-18(20)21-3/h3-15H,16H2,1-2H3;3-11,14-15H,12-13H2,1-2H3;4-7,10-11H,8-9H2,1-3H3. The van der Waals surface area contributed by atoms with E-state index >= 15 is 0 Å². The average molecular weight is 1140 g/mol. The number of ketones is 2. The Labute approximate surface area is 492 Å². The third-order valence-electron chi connectivity index (χ3n) is 14.7. The molecule has 0 unspecified atom stereocenters. The predicted molar refractivity (Wildman–Crippen MR) is 332 cm³/mol. The quantitative estimate of drug-likeness (QED) is 0.102. The lowest BCUT2D eigenvalue weighted by molar-refractivity contribution is -0.140. The maximum Gasteiger partial charge on any atom is 0.312 e. The van der Waals surface area contributed by atoms with Crippen molar-refractivity contribution in [3.05, 3.63) is 243 Å². The molecule has 12 heteroatoms. The molecular weight excluding hydrogens is 1070 g/mol. The summed E-state index contributed by atoms with van der Waals surface area (Å²) in [6.45, 7) is 14.5. The van der Waals surface area contributed by atoms with E-state index in [2.05, 4.69) is 165 Å². The minimum absolute atomic E-state index is 0.0803. The summed E-state index contributed by atoms with van der Waals surface area (Å²) in [6.07, 6.45) is 0.696. The van der Waals surface area contributed by atoms with Crippen molar-refractivity contribution in [2.24, 2.45) is 0 Å². The van der Waals surface area contributed by atoms with Gasteiger partial charge in [-0.15, -0.1) is 0 Å². The second-order valence-electron chi connectivity index (χ2n) is 21.0. The van der Waals surface area contributed by atoms with Gasteiger partial charge in [0, 0.05) is 71.3 Å². The number of rotatable bonds is 9. The smallest absolute Gasteiger partial charge is 0.312 e. The molecule has 0 radical (unpaired) electrons. The van der Waals surface area contributed by atoms with Gasteiger partial charge in [-0.1, -0.05) is 120 Å². The molecule has 82 heavy (non-hydrogen) atoms. The molecule has 9 aromatic rings. The number of esters is 2. The minimum atomic E-state index is -0.221. The van der Waals surface area contributed by atoms with Crippen LogP contribution >= 0.6 is 35.3 Å². The summed E-state index contributed by atoms with van der Waals surface area (Å²) in [7, 11) is 1.43. The first-order valence-corrected chi connectivity index (χ1v) is 29.8. The largest absolute Gasteiger partial charge is 0.469 e. The molecule has 0 amide bonds. The van der Waals surface area contributed by atoms with E-state index in [4.69, 9.17) is 9.47 Å². The molecule has 0 aromatic heterocycles. The van der Waals surface area contributed by atoms with Crippen LogP contribution in [0.25, 0.3) is 0 Å². The van der Waals surface area contributed by atoms with Crippen LogP contribution in [0.15, 0.2) is 211 Å². The number of benzene rings is 9. The zero-order chi connectivity index (χ0) is 57.2. The minimum Gasteiger partial charge on any atom is -0.469 e. The molecule has 0 saturated heterocycles. The molecule has 3 aliphatic heterocycles. The molecule has 0 atom stereocenters. The van der Waals surface area contributed by atoms with E-state index < -0.39 is 0 Å². The van der Waals surface area contributed by atoms with Crippen molar-refractivity contribution in [2.45, 2.75) is 90.3 Å². The van der Waals surface area contributed by atoms with Gasteiger partial charge in [0.05, 0.1) is 54.1 Å². The summed E-state index contributed by atoms with van der Waals surface area (Å²) < 4.78 is 10.2. The molecular formula is C70H61N3O6S3. The lowest BCUT2D eigenvalue weighted by Gasteiger charge is -2.33. The van der Waals surface area contributed by atoms with Gasteiger partial charge in [-0.05, 0) is 178 Å². The molecule has 0 spiro atoms. The van der Waals surface area contributed by atoms with Gasteiger partial charge in [-0.25, -0.2) is 0 Å². The van der Waals surface area contributed by atoms with E-state index in [9.17, 15) is 19.2 Å². The summed E-state index contributed by atoms with van der Waals surface area (Å²) in [5.41, 5.74) is 17.3. The first-order valence-electron chi connectivity index (χ1n) is 27.3. The van der Waals surface area contributed by atoms with Gasteiger partial charge < -0.3 is 24.2 Å². The summed E-state index contributed by atoms with van der Waals surface area (Å²) in [5.74, 6) is 0.0251. The first-order chi connectivity index (χ1) is 39.7. The Balaban J connectivity index is 0.000000132. The maximum atomic E-state index is 13.2. The van der Waals surface area contributed by atoms with Gasteiger partial charge in [-0.2, -0.15) is 0 Å². The SMILES string of the molecule is COC(=O)CCN1c2ccc(C)cc2Sc2cc(C)ccc21.Cc1ccc2c(c1)Sc1cc(C)ccc1N2CCC(=O)Oc1ccccc1.Cc1ccc2c(c1)Sc1cc(C)ccc1N2Cc1ccc2c(c1)C(=O)c1ccccc1C2=O. The van der Waals surface area contributed by atoms with Crippen molar-refractivity contribution in [3.8, 4) is 5.75 Å². The van der Waals surface area contributed by atoms with Crippen LogP contribution in [-0.4, -0.2) is 43.7 Å². The number of hydrogen-bond acceptors (Lipinski definition) is 12. The number of carbonyl (C=O) groups excluding carboxylic acids is 4. The van der Waals surface area contributed by atoms with Crippen LogP contribution in [0.3, 0.4) is 0 Å². The van der Waals surface area contributed by atoms with Crippen molar-refractivity contribution in [3.63, 3.8) is 0 Å². The fourth-order valence-corrected chi connectivity index (χ4v) is 14.4. The molecule has 0 fully saturated rings. The fourth-order valence-electron chi connectivity index (χ4n) is 10.6. The zero-order valence-corrected chi connectivity index (χ0v) is 49.3. The molecule has 9 aromatic carbocycles. The molecule has 0 saturated carbocycles. The van der Waals surface area contributed by atoms with Crippen LogP contribution in [-0.2, 0) is 20.9 Å². The Morgan fingerprint density at radius 3 is 1.11 bits per heavy atom. The number of methoxy groups -OCH3 is 1. The number of ether oxygens (including phenoxy) is 2. The summed E-state index contributed by atoms with van der Waals surface area (Å²) in [5, 5.41) is 0. The molecule has 13 rings (SSSR count). The summed E-state index contributed by atoms with van der Waals surface area (Å²) >= 11 is 5.39. The number of nitrogens with zero attached hydrogens (tertiary/aromatic N) is 3. The average Bonchev–Trinajstić information content (AvgIpc) is 3.67. The first kappa shape index (κ1) is 55.6. The predicted octanol–water partition coefficient (Wildman–Crippen LogP) is 17.3. The Bertz CT molecular complexity index is 3840. The lowest BCUT2D eigenvalue weighted by atomic mass is 9.83. The highest BCUT2D eigenvalue weighted by Crippen LogP contribution is 2.52. The Morgan fingerprint density at radius 2 is 0.720 bits per heavy atom. The second kappa shape index (κ2) is 24.0. The van der Waals surface area contributed by atoms with Crippen LogP contribution in [0, 0.1) is 41.5 Å². The number of aryl methyl sites for hydroxylation is 6. The van der Waals surface area contributed by atoms with E-state index in [1.165, 1.54) is 69.9 Å². The van der Waals surface area contributed by atoms with Crippen LogP contribution in [0.1, 0.15) is 83.6 Å². The summed E-state index contributed by atoms with van der Waals surface area (Å²) in [6, 6.07) is 60.9. The Kier molecular flexibility index (Phi) is 16.3. The molecule has 4 aliphatic rings. The normalized spacial score (nSPS) is 13.0. The number of hydrogen-bond donors (Lipinski definition) is 0. The van der Waals surface area contributed by atoms with Crippen LogP contribution in [0.2, 0.25) is 0 Å². The van der Waals surface area contributed by atoms with Crippen LogP contribution < -0.4 is 19.4 Å². The van der Waals surface area contributed by atoms with Crippen molar-refractivity contribution in [1.29, 1.82) is 0 Å². The molecule has 9 nitrogen and oxygen atoms in total. The van der Waals surface area contributed by atoms with Gasteiger partial charge >= 0.3 is 11.9 Å². The number of fused-ring (bicyclic) bond motifs is 8. The topological polar surface area (TPSA) is 96.5 Å². The summed E-state index contributed by atoms with van der Waals surface area (Å²) in [4.78, 5) is 64.2. The van der Waals surface area contributed by atoms with E-state index in [1.807, 2.05) is 42.5 Å². The number of anilines is 6. The highest BCUT2D eigenvalue weighted by molar-refractivity contribution is 8.00. The Morgan fingerprint density at radius 1 is 0.378 bits per heavy atom. The number of para-hydroxylation sites is 1. The second-order valence-corrected chi connectivity index (χ2v) is 24.2. The van der Waals surface area contributed by atoms with Crippen molar-refractivity contribution >= 4 is 92.9 Å². The van der Waals surface area contributed by atoms with Gasteiger partial charge in [0.25, 0.3) is 0 Å². The monoisotopic (exact) mass is 1140 g/mol. The lowest BCUT2D eigenvalue weighted by Crippen LogP contribution is -2.25. The van der Waals surface area contributed by atoms with Crippen LogP contribution in [0.5, 0.6) is 5.75 Å². The van der Waals surface area contributed by atoms with E-state index in [0.717, 1.165) is 39.7 Å². The Hall–Kier alpha value is -8.29. The molecule has 0 N–H and O–H groups in total. The van der Waals surface area contributed by atoms with Crippen molar-refractivity contribution < 1.29 is 28.7 Å². The zero-order valence-electron chi connectivity index (χ0n) is 46.9. The fraction of sp³-hybridized carbons (Fsp3) is 0.171. The molecule has 3 heterocycles. The van der Waals surface area contributed by atoms with E-state index in [1.54, 1.807) is 65.6 Å².